The van der Waals surface area contributed by atoms with Crippen molar-refractivity contribution in [2.24, 2.45) is 0 Å². The highest BCUT2D eigenvalue weighted by Gasteiger charge is 2.28. The van der Waals surface area contributed by atoms with Gasteiger partial charge in [0.05, 0.1) is 5.56 Å². The first kappa shape index (κ1) is 12.6. The second-order valence-electron chi connectivity index (χ2n) is 4.41. The zero-order chi connectivity index (χ0) is 12.4. The Kier molecular flexibility index (Phi) is 3.84. The molecular weight excluding hydrogens is 282 g/mol. The van der Waals surface area contributed by atoms with E-state index in [1.165, 1.54) is 12.8 Å². The summed E-state index contributed by atoms with van der Waals surface area (Å²) in [5.41, 5.74) is 1.49. The van der Waals surface area contributed by atoms with E-state index in [1.54, 1.807) is 12.1 Å². The highest BCUT2D eigenvalue weighted by atomic mass is 79.9. The van der Waals surface area contributed by atoms with Gasteiger partial charge in [-0.1, -0.05) is 28.9 Å². The Labute approximate surface area is 110 Å². The first-order valence-corrected chi connectivity index (χ1v) is 6.67. The molecule has 0 aliphatic heterocycles. The van der Waals surface area contributed by atoms with Crippen molar-refractivity contribution in [2.45, 2.75) is 32.4 Å². The fourth-order valence-corrected chi connectivity index (χ4v) is 2.47. The van der Waals surface area contributed by atoms with Crippen LogP contribution in [0.3, 0.4) is 0 Å². The van der Waals surface area contributed by atoms with E-state index in [4.69, 9.17) is 5.11 Å². The second-order valence-corrected chi connectivity index (χ2v) is 5.26. The molecule has 1 aliphatic rings. The lowest BCUT2D eigenvalue weighted by Crippen LogP contribution is -2.25. The highest BCUT2D eigenvalue weighted by Crippen LogP contribution is 2.29. The van der Waals surface area contributed by atoms with Crippen molar-refractivity contribution in [3.8, 4) is 0 Å². The molecule has 0 saturated heterocycles. The van der Waals surface area contributed by atoms with Crippen LogP contribution in [-0.2, 0) is 6.54 Å². The van der Waals surface area contributed by atoms with Crippen LogP contribution in [0.2, 0.25) is 0 Å². The predicted molar refractivity (Wildman–Crippen MR) is 70.2 cm³/mol. The minimum absolute atomic E-state index is 0.329. The van der Waals surface area contributed by atoms with Gasteiger partial charge in [-0.2, -0.15) is 0 Å². The molecule has 1 N–H and O–H groups in total. The zero-order valence-electron chi connectivity index (χ0n) is 9.82. The molecule has 0 amide bonds. The number of aromatic carboxylic acids is 1. The summed E-state index contributed by atoms with van der Waals surface area (Å²) in [6.45, 7) is 4.09. The summed E-state index contributed by atoms with van der Waals surface area (Å²) in [6.07, 6.45) is 2.58. The molecule has 0 radical (unpaired) electrons. The smallest absolute Gasteiger partial charge is 0.335 e. The number of nitrogens with zero attached hydrogens (tertiary/aromatic N) is 1. The Morgan fingerprint density at radius 2 is 2.24 bits per heavy atom. The van der Waals surface area contributed by atoms with Gasteiger partial charge in [0, 0.05) is 17.1 Å². The lowest BCUT2D eigenvalue weighted by Gasteiger charge is -2.20. The van der Waals surface area contributed by atoms with Crippen molar-refractivity contribution in [3.63, 3.8) is 0 Å². The topological polar surface area (TPSA) is 40.5 Å². The molecule has 4 heteroatoms. The maximum absolute atomic E-state index is 10.8. The fourth-order valence-electron chi connectivity index (χ4n) is 1.97. The van der Waals surface area contributed by atoms with E-state index < -0.39 is 5.97 Å². The molecule has 0 heterocycles. The number of carbonyl (C=O) groups is 1. The Bertz CT molecular complexity index is 429. The van der Waals surface area contributed by atoms with Gasteiger partial charge in [-0.15, -0.1) is 0 Å². The molecule has 0 bridgehead atoms. The third kappa shape index (κ3) is 3.07. The summed E-state index contributed by atoms with van der Waals surface area (Å²) in [6, 6.07) is 5.98. The lowest BCUT2D eigenvalue weighted by molar-refractivity contribution is 0.0697. The molecule has 17 heavy (non-hydrogen) atoms. The largest absolute Gasteiger partial charge is 0.478 e. The fraction of sp³-hybridized carbons (Fsp3) is 0.462. The van der Waals surface area contributed by atoms with Gasteiger partial charge in [0.2, 0.25) is 0 Å². The number of hydrogen-bond acceptors (Lipinski definition) is 2. The highest BCUT2D eigenvalue weighted by molar-refractivity contribution is 9.10. The molecule has 1 fully saturated rings. The molecule has 0 atom stereocenters. The number of hydrogen-bond donors (Lipinski definition) is 1. The van der Waals surface area contributed by atoms with E-state index in [0.717, 1.165) is 29.2 Å². The summed E-state index contributed by atoms with van der Waals surface area (Å²) in [5.74, 6) is -0.883. The maximum atomic E-state index is 10.8. The molecule has 1 aromatic rings. The van der Waals surface area contributed by atoms with Crippen LogP contribution in [0, 0.1) is 0 Å². The van der Waals surface area contributed by atoms with Gasteiger partial charge in [0.15, 0.2) is 0 Å². The Morgan fingerprint density at radius 1 is 1.53 bits per heavy atom. The predicted octanol–water partition coefficient (Wildman–Crippen LogP) is 3.13. The van der Waals surface area contributed by atoms with E-state index in [1.807, 2.05) is 6.07 Å². The van der Waals surface area contributed by atoms with Crippen molar-refractivity contribution in [1.29, 1.82) is 0 Å². The SMILES string of the molecule is CCN(Cc1ccc(C(=O)O)cc1Br)C1CC1. The van der Waals surface area contributed by atoms with Gasteiger partial charge in [-0.25, -0.2) is 4.79 Å². The third-order valence-corrected chi connectivity index (χ3v) is 3.88. The van der Waals surface area contributed by atoms with Crippen LogP contribution in [0.1, 0.15) is 35.7 Å². The van der Waals surface area contributed by atoms with Crippen molar-refractivity contribution >= 4 is 21.9 Å². The summed E-state index contributed by atoms with van der Waals surface area (Å²) in [4.78, 5) is 13.3. The van der Waals surface area contributed by atoms with Crippen molar-refractivity contribution in [2.75, 3.05) is 6.54 Å². The van der Waals surface area contributed by atoms with Gasteiger partial charge >= 0.3 is 5.97 Å². The first-order chi connectivity index (χ1) is 8.11. The molecule has 0 unspecified atom stereocenters. The van der Waals surface area contributed by atoms with Crippen molar-refractivity contribution < 1.29 is 9.90 Å². The molecule has 0 spiro atoms. The number of halogens is 1. The van der Waals surface area contributed by atoms with Gasteiger partial charge < -0.3 is 5.11 Å². The Balaban J connectivity index is 2.12. The summed E-state index contributed by atoms with van der Waals surface area (Å²) >= 11 is 3.45. The first-order valence-electron chi connectivity index (χ1n) is 5.87. The van der Waals surface area contributed by atoms with Crippen LogP contribution in [0.25, 0.3) is 0 Å². The van der Waals surface area contributed by atoms with Gasteiger partial charge in [0.25, 0.3) is 0 Å². The van der Waals surface area contributed by atoms with Crippen LogP contribution in [0.4, 0.5) is 0 Å². The van der Waals surface area contributed by atoms with Crippen molar-refractivity contribution in [3.05, 3.63) is 33.8 Å². The number of carboxylic acids is 1. The van der Waals surface area contributed by atoms with E-state index in [9.17, 15) is 4.79 Å². The quantitative estimate of drug-likeness (QED) is 0.908. The maximum Gasteiger partial charge on any atom is 0.335 e. The third-order valence-electron chi connectivity index (χ3n) is 3.14. The lowest BCUT2D eigenvalue weighted by atomic mass is 10.1. The van der Waals surface area contributed by atoms with Gasteiger partial charge in [-0.05, 0) is 37.1 Å². The molecule has 0 aromatic heterocycles. The zero-order valence-corrected chi connectivity index (χ0v) is 11.4. The summed E-state index contributed by atoms with van der Waals surface area (Å²) in [7, 11) is 0. The number of benzene rings is 1. The van der Waals surface area contributed by atoms with E-state index in [0.29, 0.717) is 5.56 Å². The summed E-state index contributed by atoms with van der Waals surface area (Å²) in [5, 5.41) is 8.90. The standard InChI is InChI=1S/C13H16BrNO2/c1-2-15(11-5-6-11)8-10-4-3-9(13(16)17)7-12(10)14/h3-4,7,11H,2,5-6,8H2,1H3,(H,16,17). The van der Waals surface area contributed by atoms with Gasteiger partial charge in [-0.3, -0.25) is 4.90 Å². The summed E-state index contributed by atoms with van der Waals surface area (Å²) < 4.78 is 0.886. The molecule has 1 aromatic carbocycles. The molecule has 3 nitrogen and oxygen atoms in total. The second kappa shape index (κ2) is 5.19. The molecule has 1 aliphatic carbocycles. The van der Waals surface area contributed by atoms with E-state index >= 15 is 0 Å². The average Bonchev–Trinajstić information content (AvgIpc) is 3.11. The van der Waals surface area contributed by atoms with Crippen LogP contribution in [0.5, 0.6) is 0 Å². The minimum Gasteiger partial charge on any atom is -0.478 e. The van der Waals surface area contributed by atoms with E-state index in [-0.39, 0.29) is 0 Å². The average molecular weight is 298 g/mol. The number of carboxylic acid groups (broad SMARTS) is 1. The van der Waals surface area contributed by atoms with Crippen LogP contribution >= 0.6 is 15.9 Å². The Morgan fingerprint density at radius 3 is 2.71 bits per heavy atom. The van der Waals surface area contributed by atoms with E-state index in [2.05, 4.69) is 27.8 Å². The van der Waals surface area contributed by atoms with Crippen LogP contribution in [0.15, 0.2) is 22.7 Å². The molecule has 92 valence electrons. The van der Waals surface area contributed by atoms with Crippen LogP contribution in [-0.4, -0.2) is 28.6 Å². The molecule has 2 rings (SSSR count). The monoisotopic (exact) mass is 297 g/mol. The minimum atomic E-state index is -0.883. The Hall–Kier alpha value is -0.870. The number of rotatable bonds is 5. The molecule has 1 saturated carbocycles. The molecular formula is C13H16BrNO2. The normalized spacial score (nSPS) is 15.2. The van der Waals surface area contributed by atoms with Gasteiger partial charge in [0.1, 0.15) is 0 Å². The van der Waals surface area contributed by atoms with Crippen LogP contribution < -0.4 is 0 Å². The van der Waals surface area contributed by atoms with Crippen molar-refractivity contribution in [1.82, 2.24) is 4.90 Å².